The summed E-state index contributed by atoms with van der Waals surface area (Å²) in [6.45, 7) is 1.24. The summed E-state index contributed by atoms with van der Waals surface area (Å²) in [7, 11) is 1.47. The average Bonchev–Trinajstić information content (AvgIpc) is 1.99. The fourth-order valence-electron chi connectivity index (χ4n) is 0.556. The lowest BCUT2D eigenvalue weighted by molar-refractivity contribution is -0.129. The van der Waals surface area contributed by atoms with Crippen LogP contribution in [-0.2, 0) is 14.4 Å². The molecule has 0 fully saturated rings. The van der Waals surface area contributed by atoms with E-state index in [0.717, 1.165) is 0 Å². The third kappa shape index (κ3) is 5.40. The van der Waals surface area contributed by atoms with Crippen molar-refractivity contribution in [2.45, 2.75) is 13.3 Å². The van der Waals surface area contributed by atoms with Crippen LogP contribution in [0.1, 0.15) is 13.3 Å². The van der Waals surface area contributed by atoms with Gasteiger partial charge in [0.1, 0.15) is 5.78 Å². The van der Waals surface area contributed by atoms with Gasteiger partial charge in [-0.05, 0) is 6.92 Å². The Balaban J connectivity index is 3.57. The molecule has 5 nitrogen and oxygen atoms in total. The Morgan fingerprint density at radius 1 is 1.17 bits per heavy atom. The van der Waals surface area contributed by atoms with Gasteiger partial charge in [-0.15, -0.1) is 0 Å². The molecule has 0 saturated heterocycles. The summed E-state index contributed by atoms with van der Waals surface area (Å²) in [5, 5.41) is 4.63. The molecule has 0 unspecified atom stereocenters. The zero-order chi connectivity index (χ0) is 9.56. The molecule has 0 aliphatic carbocycles. The maximum absolute atomic E-state index is 10.8. The number of hydrogen-bond donors (Lipinski definition) is 2. The molecule has 0 heterocycles. The lowest BCUT2D eigenvalue weighted by Gasteiger charge is -2.01. The Kier molecular flexibility index (Phi) is 4.67. The van der Waals surface area contributed by atoms with Crippen LogP contribution in [0.4, 0.5) is 0 Å². The smallest absolute Gasteiger partial charge is 0.239 e. The van der Waals surface area contributed by atoms with Crippen LogP contribution >= 0.6 is 0 Å². The largest absolute Gasteiger partial charge is 0.358 e. The molecule has 0 saturated carbocycles. The minimum atomic E-state index is -0.425. The Morgan fingerprint density at radius 3 is 2.17 bits per heavy atom. The number of ketones is 1. The maximum Gasteiger partial charge on any atom is 0.239 e. The first-order valence-corrected chi connectivity index (χ1v) is 3.53. The van der Waals surface area contributed by atoms with Gasteiger partial charge in [0.05, 0.1) is 13.0 Å². The monoisotopic (exact) mass is 172 g/mol. The molecule has 0 aliphatic rings. The molecule has 2 amide bonds. The van der Waals surface area contributed by atoms with E-state index in [1.807, 2.05) is 0 Å². The van der Waals surface area contributed by atoms with Crippen molar-refractivity contribution in [1.82, 2.24) is 10.6 Å². The number of carbonyl (C=O) groups is 3. The van der Waals surface area contributed by atoms with Crippen molar-refractivity contribution in [1.29, 1.82) is 0 Å². The molecule has 2 N–H and O–H groups in total. The van der Waals surface area contributed by atoms with Crippen molar-refractivity contribution < 1.29 is 14.4 Å². The topological polar surface area (TPSA) is 75.3 Å². The van der Waals surface area contributed by atoms with Gasteiger partial charge in [-0.3, -0.25) is 14.4 Å². The van der Waals surface area contributed by atoms with Crippen molar-refractivity contribution in [3.8, 4) is 0 Å². The molecule has 0 aliphatic heterocycles. The van der Waals surface area contributed by atoms with Gasteiger partial charge in [-0.1, -0.05) is 0 Å². The summed E-state index contributed by atoms with van der Waals surface area (Å²) in [4.78, 5) is 31.8. The molecule has 5 heteroatoms. The van der Waals surface area contributed by atoms with Crippen LogP contribution in [0.5, 0.6) is 0 Å². The van der Waals surface area contributed by atoms with E-state index >= 15 is 0 Å². The third-order valence-corrected chi connectivity index (χ3v) is 1.13. The molecule has 0 aromatic carbocycles. The van der Waals surface area contributed by atoms with Gasteiger partial charge in [0.15, 0.2) is 0 Å². The molecule has 0 aromatic heterocycles. The zero-order valence-corrected chi connectivity index (χ0v) is 7.14. The van der Waals surface area contributed by atoms with Gasteiger partial charge in [-0.2, -0.15) is 0 Å². The molecule has 0 spiro atoms. The Hall–Kier alpha value is -1.39. The molecule has 12 heavy (non-hydrogen) atoms. The van der Waals surface area contributed by atoms with Crippen LogP contribution in [0.3, 0.4) is 0 Å². The first-order chi connectivity index (χ1) is 5.56. The Bertz CT molecular complexity index is 201. The molecule has 68 valence electrons. The first kappa shape index (κ1) is 10.6. The van der Waals surface area contributed by atoms with Crippen molar-refractivity contribution in [2.75, 3.05) is 13.6 Å². The summed E-state index contributed by atoms with van der Waals surface area (Å²) in [6, 6.07) is 0. The van der Waals surface area contributed by atoms with E-state index in [9.17, 15) is 14.4 Å². The molecule has 0 bridgehead atoms. The lowest BCUT2D eigenvalue weighted by atomic mass is 10.3. The third-order valence-electron chi connectivity index (χ3n) is 1.13. The number of carbonyl (C=O) groups excluding carboxylic acids is 3. The molecule has 0 aromatic rings. The normalized spacial score (nSPS) is 8.83. The minimum absolute atomic E-state index is 0.0807. The number of rotatable bonds is 4. The summed E-state index contributed by atoms with van der Waals surface area (Å²) >= 11 is 0. The number of likely N-dealkylation sites (N-methyl/N-ethyl adjacent to an activating group) is 1. The highest BCUT2D eigenvalue weighted by Gasteiger charge is 2.05. The van der Waals surface area contributed by atoms with Crippen molar-refractivity contribution in [2.24, 2.45) is 0 Å². The SMILES string of the molecule is CNC(=O)CNC(=O)CC(C)=O. The highest BCUT2D eigenvalue weighted by molar-refractivity contribution is 5.97. The minimum Gasteiger partial charge on any atom is -0.358 e. The number of hydrogen-bond acceptors (Lipinski definition) is 3. The van der Waals surface area contributed by atoms with E-state index < -0.39 is 5.91 Å². The van der Waals surface area contributed by atoms with Gasteiger partial charge in [0.2, 0.25) is 11.8 Å². The number of nitrogens with one attached hydrogen (secondary N) is 2. The van der Waals surface area contributed by atoms with Crippen molar-refractivity contribution in [3.63, 3.8) is 0 Å². The second-order valence-electron chi connectivity index (χ2n) is 2.33. The lowest BCUT2D eigenvalue weighted by Crippen LogP contribution is -2.35. The molecule has 0 rings (SSSR count). The fraction of sp³-hybridized carbons (Fsp3) is 0.571. The van der Waals surface area contributed by atoms with Gasteiger partial charge >= 0.3 is 0 Å². The Morgan fingerprint density at radius 2 is 1.75 bits per heavy atom. The Labute approximate surface area is 70.5 Å². The predicted molar refractivity (Wildman–Crippen MR) is 42.4 cm³/mol. The average molecular weight is 172 g/mol. The summed E-state index contributed by atoms with van der Waals surface area (Å²) < 4.78 is 0. The predicted octanol–water partition coefficient (Wildman–Crippen LogP) is -1.17. The fourth-order valence-corrected chi connectivity index (χ4v) is 0.556. The van der Waals surface area contributed by atoms with E-state index in [2.05, 4.69) is 10.6 Å². The van der Waals surface area contributed by atoms with Crippen molar-refractivity contribution in [3.05, 3.63) is 0 Å². The van der Waals surface area contributed by atoms with E-state index in [1.54, 1.807) is 0 Å². The van der Waals surface area contributed by atoms with Crippen LogP contribution in [0.2, 0.25) is 0 Å². The van der Waals surface area contributed by atoms with E-state index in [4.69, 9.17) is 0 Å². The van der Waals surface area contributed by atoms with Crippen LogP contribution in [0, 0.1) is 0 Å². The standard InChI is InChI=1S/C7H12N2O3/c1-5(10)3-6(11)9-4-7(12)8-2/h3-4H2,1-2H3,(H,8,12)(H,9,11). The van der Waals surface area contributed by atoms with E-state index in [1.165, 1.54) is 14.0 Å². The van der Waals surface area contributed by atoms with Gasteiger partial charge in [-0.25, -0.2) is 0 Å². The first-order valence-electron chi connectivity index (χ1n) is 3.53. The number of Topliss-reactive ketones (excluding diaryl/α,β-unsaturated/α-hetero) is 1. The van der Waals surface area contributed by atoms with Gasteiger partial charge < -0.3 is 10.6 Å². The van der Waals surface area contributed by atoms with Crippen LogP contribution < -0.4 is 10.6 Å². The van der Waals surface area contributed by atoms with Crippen molar-refractivity contribution >= 4 is 17.6 Å². The van der Waals surface area contributed by atoms with Crippen LogP contribution in [0.15, 0.2) is 0 Å². The summed E-state index contributed by atoms with van der Waals surface area (Å²) in [5.41, 5.74) is 0. The molecular formula is C7H12N2O3. The quantitative estimate of drug-likeness (QED) is 0.524. The summed E-state index contributed by atoms with van der Waals surface area (Å²) in [5.74, 6) is -0.928. The maximum atomic E-state index is 10.8. The van der Waals surface area contributed by atoms with Gasteiger partial charge in [0, 0.05) is 7.05 Å². The zero-order valence-electron chi connectivity index (χ0n) is 7.14. The molecule has 0 radical (unpaired) electrons. The second kappa shape index (κ2) is 5.29. The van der Waals surface area contributed by atoms with E-state index in [-0.39, 0.29) is 24.7 Å². The van der Waals surface area contributed by atoms with Gasteiger partial charge in [0.25, 0.3) is 0 Å². The molecular weight excluding hydrogens is 160 g/mol. The summed E-state index contributed by atoms with van der Waals surface area (Å²) in [6.07, 6.45) is -0.170. The highest BCUT2D eigenvalue weighted by Crippen LogP contribution is 1.80. The van der Waals surface area contributed by atoms with E-state index in [0.29, 0.717) is 0 Å². The second-order valence-corrected chi connectivity index (χ2v) is 2.33. The highest BCUT2D eigenvalue weighted by atomic mass is 16.2. The molecule has 0 atom stereocenters. The van der Waals surface area contributed by atoms with Crippen LogP contribution in [0.25, 0.3) is 0 Å². The number of amides is 2. The van der Waals surface area contributed by atoms with Crippen LogP contribution in [-0.4, -0.2) is 31.2 Å².